The summed E-state index contributed by atoms with van der Waals surface area (Å²) in [5.74, 6) is 0.630. The van der Waals surface area contributed by atoms with E-state index in [4.69, 9.17) is 5.32 Å². The molecule has 4 nitrogen and oxygen atoms in total. The van der Waals surface area contributed by atoms with E-state index in [2.05, 4.69) is 108 Å². The molecule has 1 aromatic carbocycles. The van der Waals surface area contributed by atoms with Gasteiger partial charge >= 0.3 is 0 Å². The molecule has 2 aromatic heterocycles. The van der Waals surface area contributed by atoms with Crippen LogP contribution in [0, 0.1) is 17.2 Å². The topological polar surface area (TPSA) is 62.0 Å². The van der Waals surface area contributed by atoms with Crippen LogP contribution in [0.1, 0.15) is 93.7 Å². The van der Waals surface area contributed by atoms with E-state index in [1.54, 1.807) is 10.4 Å². The van der Waals surface area contributed by atoms with E-state index in [0.29, 0.717) is 5.92 Å². The molecule has 3 aromatic rings. The molecule has 2 N–H and O–H groups in total. The lowest BCUT2D eigenvalue weighted by Crippen LogP contribution is -2.60. The normalized spacial score (nSPS) is 29.1. The first-order valence-electron chi connectivity index (χ1n) is 19.2. The Morgan fingerprint density at radius 3 is 2.63 bits per heavy atom. The Hall–Kier alpha value is -4.09. The molecule has 0 saturated carbocycles. The molecule has 7 aliphatic rings. The molecule has 6 atom stereocenters. The van der Waals surface area contributed by atoms with Crippen molar-refractivity contribution < 1.29 is 0 Å². The Morgan fingerprint density at radius 1 is 0.827 bits per heavy atom. The minimum atomic E-state index is -0.191. The average molecular weight is 716 g/mol. The van der Waals surface area contributed by atoms with Gasteiger partial charge in [0.2, 0.25) is 0 Å². The van der Waals surface area contributed by atoms with Gasteiger partial charge < -0.3 is 16.0 Å². The molecule has 0 bridgehead atoms. The van der Waals surface area contributed by atoms with Crippen molar-refractivity contribution in [1.29, 1.82) is 5.26 Å². The van der Waals surface area contributed by atoms with Crippen LogP contribution in [0.15, 0.2) is 107 Å². The van der Waals surface area contributed by atoms with Crippen LogP contribution in [0.25, 0.3) is 33.6 Å². The summed E-state index contributed by atoms with van der Waals surface area (Å²) in [7, 11) is 0. The summed E-state index contributed by atoms with van der Waals surface area (Å²) in [5.41, 5.74) is 10.9. The summed E-state index contributed by atoms with van der Waals surface area (Å²) in [5, 5.41) is 25.0. The number of hydrogen-bond donors (Lipinski definition) is 2. The fourth-order valence-corrected chi connectivity index (χ4v) is 12.3. The minimum absolute atomic E-state index is 0.0132. The summed E-state index contributed by atoms with van der Waals surface area (Å²) >= 11 is 4.04. The molecule has 6 heteroatoms. The Kier molecular flexibility index (Phi) is 8.58. The summed E-state index contributed by atoms with van der Waals surface area (Å²) in [6.07, 6.45) is 41.3. The molecule has 6 unspecified atom stereocenters. The lowest BCUT2D eigenvalue weighted by atomic mass is 9.76. The van der Waals surface area contributed by atoms with E-state index in [9.17, 15) is 5.26 Å². The van der Waals surface area contributed by atoms with Gasteiger partial charge in [-0.2, -0.15) is 5.26 Å². The highest BCUT2D eigenvalue weighted by Crippen LogP contribution is 2.50. The molecular weight excluding hydrogens is 673 g/mol. The molecule has 0 radical (unpaired) electrons. The number of aryl methyl sites for hydroxylation is 1. The van der Waals surface area contributed by atoms with Gasteiger partial charge in [-0.05, 0) is 104 Å². The van der Waals surface area contributed by atoms with Gasteiger partial charge in [-0.1, -0.05) is 115 Å². The first-order valence-corrected chi connectivity index (χ1v) is 20.8. The van der Waals surface area contributed by atoms with Crippen molar-refractivity contribution in [2.24, 2.45) is 5.92 Å². The van der Waals surface area contributed by atoms with Crippen molar-refractivity contribution in [3.8, 4) is 6.07 Å². The van der Waals surface area contributed by atoms with Crippen molar-refractivity contribution in [3.05, 3.63) is 150 Å². The van der Waals surface area contributed by atoms with E-state index >= 15 is 0 Å². The van der Waals surface area contributed by atoms with Gasteiger partial charge in [0.05, 0.1) is 12.2 Å². The fourth-order valence-electron chi connectivity index (χ4n) is 9.45. The maximum Gasteiger partial charge on any atom is 0.0950 e. The second-order valence-corrected chi connectivity index (χ2v) is 17.3. The zero-order valence-electron chi connectivity index (χ0n) is 29.4. The number of hydrogen-bond acceptors (Lipinski definition) is 5. The van der Waals surface area contributed by atoms with Gasteiger partial charge in [0.1, 0.15) is 0 Å². The van der Waals surface area contributed by atoms with Crippen molar-refractivity contribution in [3.63, 3.8) is 0 Å². The van der Waals surface area contributed by atoms with Crippen LogP contribution in [0.5, 0.6) is 0 Å². The maximum atomic E-state index is 10.2. The van der Waals surface area contributed by atoms with Gasteiger partial charge in [0.15, 0.2) is 0 Å². The number of nitriles is 1. The standard InChI is InChI=1S/C46H43N4S2/c47-27-29-14-4-5-15-35(29)46-49-44(28-12-2-1-3-13-28)48-45(50-46)32-25-30(33-18-10-20-38-36-16-6-8-22-40(36)51-42(33)38)24-31(26-32)34-19-11-21-39-37-17-7-9-23-41(37)52-43(34)39/h1-2,4-6,9-12,14,16,18,20-21,23,25-26,30,34-35,44-46,48-49H,3,7-8,13,15,17,19,22,24H2/q-1. The second kappa shape index (κ2) is 13.7. The number of nitrogens with one attached hydrogen (secondary N) is 2. The Bertz CT molecular complexity index is 2270. The van der Waals surface area contributed by atoms with E-state index in [1.807, 2.05) is 34.8 Å². The third-order valence-corrected chi connectivity index (χ3v) is 14.7. The van der Waals surface area contributed by atoms with Crippen LogP contribution < -0.4 is 10.6 Å². The Labute approximate surface area is 315 Å². The number of benzene rings is 1. The van der Waals surface area contributed by atoms with E-state index in [-0.39, 0.29) is 30.3 Å². The predicted molar refractivity (Wildman–Crippen MR) is 219 cm³/mol. The number of fused-ring (bicyclic) bond motifs is 6. The second-order valence-electron chi connectivity index (χ2n) is 15.1. The SMILES string of the molecule is N#CC1=CC=CCC1C1[N-]C(C2=CC(c3cccc4c5c(sc34)CCC=C5)CC(C3CC=Cc4c3sc3c4CCC=C3)=C2)NC(C2=CC=CCC2)N1. The number of thiophene rings is 2. The quantitative estimate of drug-likeness (QED) is 0.276. The van der Waals surface area contributed by atoms with Crippen molar-refractivity contribution >= 4 is 51.0 Å². The van der Waals surface area contributed by atoms with E-state index in [1.165, 1.54) is 53.3 Å². The molecule has 0 amide bonds. The average Bonchev–Trinajstić information content (AvgIpc) is 3.79. The van der Waals surface area contributed by atoms with Crippen LogP contribution in [-0.4, -0.2) is 18.5 Å². The van der Waals surface area contributed by atoms with E-state index < -0.39 is 0 Å². The number of rotatable bonds is 5. The molecule has 1 aliphatic heterocycles. The van der Waals surface area contributed by atoms with Crippen molar-refractivity contribution in [2.75, 3.05) is 0 Å². The molecule has 1 fully saturated rings. The van der Waals surface area contributed by atoms with Gasteiger partial charge in [0, 0.05) is 42.1 Å². The highest BCUT2D eigenvalue weighted by atomic mass is 32.1. The monoisotopic (exact) mass is 715 g/mol. The van der Waals surface area contributed by atoms with Crippen LogP contribution in [0.4, 0.5) is 0 Å². The first-order chi connectivity index (χ1) is 25.7. The Morgan fingerprint density at radius 2 is 1.71 bits per heavy atom. The van der Waals surface area contributed by atoms with Crippen LogP contribution in [0.3, 0.4) is 0 Å². The predicted octanol–water partition coefficient (Wildman–Crippen LogP) is 11.3. The first kappa shape index (κ1) is 32.6. The molecule has 1 saturated heterocycles. The van der Waals surface area contributed by atoms with Crippen LogP contribution in [-0.2, 0) is 12.8 Å². The van der Waals surface area contributed by atoms with Crippen molar-refractivity contribution in [2.45, 2.75) is 88.1 Å². The van der Waals surface area contributed by atoms with Gasteiger partial charge in [-0.15, -0.1) is 22.7 Å². The minimum Gasteiger partial charge on any atom is -0.628 e. The molecule has 260 valence electrons. The maximum absolute atomic E-state index is 10.2. The Balaban J connectivity index is 1.08. The molecular formula is C46H43N4S2-. The highest BCUT2D eigenvalue weighted by molar-refractivity contribution is 7.19. The zero-order chi connectivity index (χ0) is 34.6. The number of allylic oxidation sites excluding steroid dienone is 11. The smallest absolute Gasteiger partial charge is 0.0950 e. The summed E-state index contributed by atoms with van der Waals surface area (Å²) in [6, 6.07) is 9.52. The summed E-state index contributed by atoms with van der Waals surface area (Å²) < 4.78 is 1.45. The lowest BCUT2D eigenvalue weighted by molar-refractivity contribution is 0.304. The fraction of sp³-hybridized carbons (Fsp3) is 0.326. The van der Waals surface area contributed by atoms with Gasteiger partial charge in [-0.3, -0.25) is 0 Å². The van der Waals surface area contributed by atoms with E-state index in [0.717, 1.165) is 63.4 Å². The van der Waals surface area contributed by atoms with Gasteiger partial charge in [-0.25, -0.2) is 0 Å². The third-order valence-electron chi connectivity index (χ3n) is 12.1. The summed E-state index contributed by atoms with van der Waals surface area (Å²) in [4.78, 5) is 4.53. The number of nitrogens with zero attached hydrogens (tertiary/aromatic N) is 2. The molecule has 52 heavy (non-hydrogen) atoms. The van der Waals surface area contributed by atoms with Crippen molar-refractivity contribution in [1.82, 2.24) is 10.6 Å². The molecule has 6 aliphatic carbocycles. The largest absolute Gasteiger partial charge is 0.628 e. The summed E-state index contributed by atoms with van der Waals surface area (Å²) in [6.45, 7) is 0. The molecule has 0 spiro atoms. The van der Waals surface area contributed by atoms with Crippen LogP contribution in [0.2, 0.25) is 0 Å². The zero-order valence-corrected chi connectivity index (χ0v) is 31.0. The molecule has 10 rings (SSSR count). The highest BCUT2D eigenvalue weighted by Gasteiger charge is 2.34. The third kappa shape index (κ3) is 5.75. The lowest BCUT2D eigenvalue weighted by Gasteiger charge is -2.54. The molecule has 3 heterocycles. The van der Waals surface area contributed by atoms with Gasteiger partial charge in [0.25, 0.3) is 0 Å². The van der Waals surface area contributed by atoms with Crippen LogP contribution >= 0.6 is 22.7 Å².